The molecule has 4 heteroatoms. The zero-order chi connectivity index (χ0) is 10.5. The molecule has 0 amide bonds. The topological polar surface area (TPSA) is 35.6 Å². The van der Waals surface area contributed by atoms with Gasteiger partial charge in [0.05, 0.1) is 12.9 Å². The van der Waals surface area contributed by atoms with Gasteiger partial charge in [0, 0.05) is 31.3 Å². The molecule has 0 aliphatic rings. The first-order chi connectivity index (χ1) is 7.38. The largest absolute Gasteiger partial charge is 0.333 e. The van der Waals surface area contributed by atoms with Crippen molar-refractivity contribution in [3.05, 3.63) is 48.8 Å². The number of allylic oxidation sites excluding steroid dienone is 2. The normalized spacial score (nSPS) is 11.9. The second kappa shape index (κ2) is 4.59. The van der Waals surface area contributed by atoms with Crippen LogP contribution in [0.4, 0.5) is 0 Å². The van der Waals surface area contributed by atoms with E-state index in [0.717, 1.165) is 13.1 Å². The van der Waals surface area contributed by atoms with Gasteiger partial charge in [-0.3, -0.25) is 4.68 Å². The van der Waals surface area contributed by atoms with E-state index in [-0.39, 0.29) is 0 Å². The molecule has 4 nitrogen and oxygen atoms in total. The minimum absolute atomic E-state index is 0.835. The molecule has 0 aromatic carbocycles. The van der Waals surface area contributed by atoms with Crippen molar-refractivity contribution >= 4 is 0 Å². The van der Waals surface area contributed by atoms with E-state index >= 15 is 0 Å². The molecule has 0 atom stereocenters. The van der Waals surface area contributed by atoms with Crippen LogP contribution in [0, 0.1) is 0 Å². The molecule has 2 aromatic heterocycles. The summed E-state index contributed by atoms with van der Waals surface area (Å²) in [7, 11) is 0. The maximum absolute atomic E-state index is 4.18. The molecule has 2 heterocycles. The van der Waals surface area contributed by atoms with E-state index in [1.807, 2.05) is 29.5 Å². The minimum Gasteiger partial charge on any atom is -0.333 e. The Morgan fingerprint density at radius 2 is 2.20 bits per heavy atom. The van der Waals surface area contributed by atoms with Crippen molar-refractivity contribution in [2.24, 2.45) is 0 Å². The third-order valence-corrected chi connectivity index (χ3v) is 2.28. The fourth-order valence-corrected chi connectivity index (χ4v) is 1.45. The number of hydrogen-bond donors (Lipinski definition) is 0. The Morgan fingerprint density at radius 3 is 2.80 bits per heavy atom. The van der Waals surface area contributed by atoms with Crippen LogP contribution in [-0.4, -0.2) is 19.3 Å². The highest BCUT2D eigenvalue weighted by atomic mass is 15.3. The Hall–Kier alpha value is -1.84. The summed E-state index contributed by atoms with van der Waals surface area (Å²) < 4.78 is 3.98. The summed E-state index contributed by atoms with van der Waals surface area (Å²) in [5, 5.41) is 4.18. The van der Waals surface area contributed by atoms with Crippen LogP contribution < -0.4 is 0 Å². The third kappa shape index (κ3) is 2.56. The summed E-state index contributed by atoms with van der Waals surface area (Å²) in [6.07, 6.45) is 11.5. The Morgan fingerprint density at radius 1 is 1.27 bits per heavy atom. The van der Waals surface area contributed by atoms with E-state index in [2.05, 4.69) is 27.6 Å². The highest BCUT2D eigenvalue weighted by Crippen LogP contribution is 2.03. The van der Waals surface area contributed by atoms with Crippen LogP contribution >= 0.6 is 0 Å². The molecular weight excluding hydrogens is 188 g/mol. The molecule has 0 unspecified atom stereocenters. The van der Waals surface area contributed by atoms with E-state index in [4.69, 9.17) is 0 Å². The Kier molecular flexibility index (Phi) is 2.97. The molecule has 0 N–H and O–H groups in total. The van der Waals surface area contributed by atoms with Gasteiger partial charge in [-0.05, 0) is 18.6 Å². The summed E-state index contributed by atoms with van der Waals surface area (Å²) in [5.74, 6) is 0. The number of rotatable bonds is 4. The van der Waals surface area contributed by atoms with Crippen molar-refractivity contribution in [3.63, 3.8) is 0 Å². The van der Waals surface area contributed by atoms with Crippen molar-refractivity contribution in [1.29, 1.82) is 0 Å². The van der Waals surface area contributed by atoms with E-state index in [1.54, 1.807) is 12.4 Å². The van der Waals surface area contributed by atoms with Gasteiger partial charge in [0.1, 0.15) is 0 Å². The molecule has 0 fully saturated rings. The first-order valence-corrected chi connectivity index (χ1v) is 4.95. The molecule has 0 radical (unpaired) electrons. The standard InChI is InChI=1S/C11H14N4/c1-2-11(8-14-7-5-12-10-14)9-15-6-3-4-13-15/h2-7,10H,8-9H2,1H3/b11-2+. The van der Waals surface area contributed by atoms with Gasteiger partial charge in [0.25, 0.3) is 0 Å². The lowest BCUT2D eigenvalue weighted by atomic mass is 10.2. The summed E-state index contributed by atoms with van der Waals surface area (Å²) in [4.78, 5) is 4.02. The number of hydrogen-bond acceptors (Lipinski definition) is 2. The first kappa shape index (κ1) is 9.71. The molecule has 0 saturated carbocycles. The molecule has 0 aliphatic carbocycles. The van der Waals surface area contributed by atoms with Gasteiger partial charge in [-0.15, -0.1) is 0 Å². The molecule has 0 saturated heterocycles. The average molecular weight is 202 g/mol. The summed E-state index contributed by atoms with van der Waals surface area (Å²) in [6.45, 7) is 3.76. The van der Waals surface area contributed by atoms with Crippen LogP contribution in [0.15, 0.2) is 48.8 Å². The molecule has 2 aromatic rings. The van der Waals surface area contributed by atoms with Gasteiger partial charge in [-0.25, -0.2) is 4.98 Å². The Labute approximate surface area is 88.9 Å². The molecule has 0 aliphatic heterocycles. The highest BCUT2D eigenvalue weighted by Gasteiger charge is 1.99. The van der Waals surface area contributed by atoms with E-state index in [0.29, 0.717) is 0 Å². The van der Waals surface area contributed by atoms with Crippen molar-refractivity contribution in [2.45, 2.75) is 20.0 Å². The Bertz CT molecular complexity index is 373. The van der Waals surface area contributed by atoms with Crippen molar-refractivity contribution in [3.8, 4) is 0 Å². The molecular formula is C11H14N4. The van der Waals surface area contributed by atoms with E-state index < -0.39 is 0 Å². The molecule has 0 bridgehead atoms. The lowest BCUT2D eigenvalue weighted by Gasteiger charge is -2.07. The third-order valence-electron chi connectivity index (χ3n) is 2.28. The van der Waals surface area contributed by atoms with Crippen LogP contribution in [0.25, 0.3) is 0 Å². The quantitative estimate of drug-likeness (QED) is 0.708. The highest BCUT2D eigenvalue weighted by molar-refractivity contribution is 5.01. The van der Waals surface area contributed by atoms with Gasteiger partial charge in [-0.1, -0.05) is 6.08 Å². The van der Waals surface area contributed by atoms with Crippen molar-refractivity contribution in [2.75, 3.05) is 0 Å². The maximum atomic E-state index is 4.18. The molecule has 0 spiro atoms. The zero-order valence-corrected chi connectivity index (χ0v) is 8.74. The average Bonchev–Trinajstić information content (AvgIpc) is 2.89. The van der Waals surface area contributed by atoms with Crippen molar-refractivity contribution < 1.29 is 0 Å². The summed E-state index contributed by atoms with van der Waals surface area (Å²) in [6, 6.07) is 1.94. The van der Waals surface area contributed by atoms with Gasteiger partial charge in [0.15, 0.2) is 0 Å². The zero-order valence-electron chi connectivity index (χ0n) is 8.74. The predicted octanol–water partition coefficient (Wildman–Crippen LogP) is 1.73. The SMILES string of the molecule is C/C=C(\Cn1ccnc1)Cn1cccn1. The van der Waals surface area contributed by atoms with E-state index in [9.17, 15) is 0 Å². The Balaban J connectivity index is 2.00. The van der Waals surface area contributed by atoms with Gasteiger partial charge < -0.3 is 4.57 Å². The fraction of sp³-hybridized carbons (Fsp3) is 0.273. The fourth-order valence-electron chi connectivity index (χ4n) is 1.45. The van der Waals surface area contributed by atoms with Crippen LogP contribution in [0.2, 0.25) is 0 Å². The first-order valence-electron chi connectivity index (χ1n) is 4.95. The minimum atomic E-state index is 0.835. The van der Waals surface area contributed by atoms with Crippen LogP contribution in [0.3, 0.4) is 0 Å². The van der Waals surface area contributed by atoms with Gasteiger partial charge in [0.2, 0.25) is 0 Å². The van der Waals surface area contributed by atoms with Crippen LogP contribution in [-0.2, 0) is 13.1 Å². The second-order valence-electron chi connectivity index (χ2n) is 3.39. The molecule has 2 rings (SSSR count). The predicted molar refractivity (Wildman–Crippen MR) is 58.2 cm³/mol. The molecule has 15 heavy (non-hydrogen) atoms. The summed E-state index contributed by atoms with van der Waals surface area (Å²) >= 11 is 0. The van der Waals surface area contributed by atoms with E-state index in [1.165, 1.54) is 5.57 Å². The number of aromatic nitrogens is 4. The monoisotopic (exact) mass is 202 g/mol. The lowest BCUT2D eigenvalue weighted by molar-refractivity contribution is 0.629. The maximum Gasteiger partial charge on any atom is 0.0948 e. The van der Waals surface area contributed by atoms with Crippen LogP contribution in [0.5, 0.6) is 0 Å². The van der Waals surface area contributed by atoms with Crippen LogP contribution in [0.1, 0.15) is 6.92 Å². The second-order valence-corrected chi connectivity index (χ2v) is 3.39. The van der Waals surface area contributed by atoms with Crippen molar-refractivity contribution in [1.82, 2.24) is 19.3 Å². The smallest absolute Gasteiger partial charge is 0.0948 e. The van der Waals surface area contributed by atoms with Gasteiger partial charge >= 0.3 is 0 Å². The molecule has 78 valence electrons. The lowest BCUT2D eigenvalue weighted by Crippen LogP contribution is -2.07. The number of nitrogens with zero attached hydrogens (tertiary/aromatic N) is 4. The van der Waals surface area contributed by atoms with Gasteiger partial charge in [-0.2, -0.15) is 5.10 Å². The summed E-state index contributed by atoms with van der Waals surface area (Å²) in [5.41, 5.74) is 1.32. The number of imidazole rings is 1.